The molecule has 2 aromatic carbocycles. The number of ether oxygens (including phenoxy) is 1. The lowest BCUT2D eigenvalue weighted by Crippen LogP contribution is -1.96. The van der Waals surface area contributed by atoms with Crippen LogP contribution in [0.2, 0.25) is 0 Å². The molecule has 3 aromatic rings. The summed E-state index contributed by atoms with van der Waals surface area (Å²) in [6.45, 7) is 0. The van der Waals surface area contributed by atoms with E-state index >= 15 is 0 Å². The van der Waals surface area contributed by atoms with Gasteiger partial charge in [-0.05, 0) is 36.4 Å². The minimum absolute atomic E-state index is 0.0761. The molecule has 0 unspecified atom stereocenters. The minimum atomic E-state index is -3.35. The zero-order valence-electron chi connectivity index (χ0n) is 13.3. The van der Waals surface area contributed by atoms with Crippen LogP contribution in [-0.2, 0) is 9.84 Å². The number of carboxylic acid groups (broad SMARTS) is 1. The summed E-state index contributed by atoms with van der Waals surface area (Å²) < 4.78 is 28.5. The van der Waals surface area contributed by atoms with Crippen LogP contribution >= 0.6 is 0 Å². The van der Waals surface area contributed by atoms with Gasteiger partial charge in [0.05, 0.1) is 15.9 Å². The molecule has 3 rings (SSSR count). The number of benzene rings is 2. The number of nitro groups is 1. The highest BCUT2D eigenvalue weighted by Gasteiger charge is 2.19. The number of nitrogens with zero attached hydrogens (tertiary/aromatic N) is 1. The molecule has 0 aliphatic carbocycles. The first-order chi connectivity index (χ1) is 12.1. The Bertz CT molecular complexity index is 1130. The summed E-state index contributed by atoms with van der Waals surface area (Å²) in [6.07, 6.45) is 1.08. The minimum Gasteiger partial charge on any atom is -0.477 e. The van der Waals surface area contributed by atoms with Crippen LogP contribution in [0.3, 0.4) is 0 Å². The number of rotatable bonds is 5. The number of hydrogen-bond acceptors (Lipinski definition) is 6. The second kappa shape index (κ2) is 6.15. The molecule has 0 aliphatic heterocycles. The van der Waals surface area contributed by atoms with Crippen LogP contribution in [0.4, 0.5) is 5.69 Å². The lowest BCUT2D eigenvalue weighted by Gasteiger charge is -2.07. The van der Waals surface area contributed by atoms with Gasteiger partial charge in [0.1, 0.15) is 22.7 Å². The van der Waals surface area contributed by atoms with Crippen molar-refractivity contribution in [3.8, 4) is 11.5 Å². The van der Waals surface area contributed by atoms with E-state index in [1.54, 1.807) is 0 Å². The summed E-state index contributed by atoms with van der Waals surface area (Å²) in [4.78, 5) is 24.3. The number of nitro benzene ring substituents is 1. The summed E-state index contributed by atoms with van der Waals surface area (Å²) in [5, 5.41) is 20.6. The average molecular weight is 376 g/mol. The number of fused-ring (bicyclic) bond motifs is 1. The fourth-order valence-corrected chi connectivity index (χ4v) is 3.04. The monoisotopic (exact) mass is 376 g/mol. The van der Waals surface area contributed by atoms with Gasteiger partial charge in [0.15, 0.2) is 9.84 Å². The van der Waals surface area contributed by atoms with Crippen molar-refractivity contribution in [1.29, 1.82) is 0 Å². The van der Waals surface area contributed by atoms with E-state index in [4.69, 9.17) is 9.84 Å². The summed E-state index contributed by atoms with van der Waals surface area (Å²) >= 11 is 0. The molecule has 0 atom stereocenters. The Morgan fingerprint density at radius 2 is 1.81 bits per heavy atom. The predicted molar refractivity (Wildman–Crippen MR) is 91.5 cm³/mol. The van der Waals surface area contributed by atoms with Gasteiger partial charge in [-0.15, -0.1) is 0 Å². The summed E-state index contributed by atoms with van der Waals surface area (Å²) in [7, 11) is -3.35. The molecule has 2 N–H and O–H groups in total. The first-order valence-corrected chi connectivity index (χ1v) is 9.07. The molecular formula is C16H12N2O7S. The van der Waals surface area contributed by atoms with Crippen molar-refractivity contribution >= 4 is 32.4 Å². The Morgan fingerprint density at radius 3 is 2.35 bits per heavy atom. The standard InChI is InChI=1S/C16H12N2O7S/c1-26(23,24)12-4-2-10(3-5-12)25-11-6-9-7-13(16(19)20)17-15(9)14(8-11)18(21)22/h2-8,17H,1H3,(H,19,20). The first kappa shape index (κ1) is 17.4. The smallest absolute Gasteiger partial charge is 0.352 e. The largest absolute Gasteiger partial charge is 0.477 e. The maximum absolute atomic E-state index is 11.5. The van der Waals surface area contributed by atoms with E-state index in [1.807, 2.05) is 0 Å². The summed E-state index contributed by atoms with van der Waals surface area (Å²) in [6, 6.07) is 9.44. The maximum Gasteiger partial charge on any atom is 0.352 e. The second-order valence-corrected chi connectivity index (χ2v) is 7.51. The number of hydrogen-bond donors (Lipinski definition) is 2. The molecule has 1 aromatic heterocycles. The molecule has 0 aliphatic rings. The number of carbonyl (C=O) groups is 1. The topological polar surface area (TPSA) is 140 Å². The van der Waals surface area contributed by atoms with Crippen LogP contribution in [0.25, 0.3) is 10.9 Å². The van der Waals surface area contributed by atoms with Gasteiger partial charge in [-0.2, -0.15) is 0 Å². The van der Waals surface area contributed by atoms with Gasteiger partial charge in [-0.3, -0.25) is 10.1 Å². The van der Waals surface area contributed by atoms with Crippen molar-refractivity contribution < 1.29 is 28.0 Å². The molecule has 9 nitrogen and oxygen atoms in total. The van der Waals surface area contributed by atoms with Gasteiger partial charge < -0.3 is 14.8 Å². The van der Waals surface area contributed by atoms with Crippen LogP contribution in [0, 0.1) is 10.1 Å². The van der Waals surface area contributed by atoms with Crippen molar-refractivity contribution in [3.05, 3.63) is 58.3 Å². The molecule has 1 heterocycles. The molecule has 26 heavy (non-hydrogen) atoms. The fraction of sp³-hybridized carbons (Fsp3) is 0.0625. The van der Waals surface area contributed by atoms with E-state index in [0.717, 1.165) is 12.3 Å². The Labute approximate surface area is 146 Å². The Balaban J connectivity index is 2.02. The number of H-pyrrole nitrogens is 1. The number of aromatic nitrogens is 1. The number of aromatic carboxylic acids is 1. The van der Waals surface area contributed by atoms with E-state index in [9.17, 15) is 23.3 Å². The van der Waals surface area contributed by atoms with Crippen LogP contribution in [-0.4, -0.2) is 35.7 Å². The lowest BCUT2D eigenvalue weighted by atomic mass is 10.2. The van der Waals surface area contributed by atoms with E-state index in [-0.39, 0.29) is 33.3 Å². The van der Waals surface area contributed by atoms with Crippen LogP contribution in [0.5, 0.6) is 11.5 Å². The SMILES string of the molecule is CS(=O)(=O)c1ccc(Oc2cc([N+](=O)[O-])c3[nH]c(C(=O)O)cc3c2)cc1. The third-order valence-electron chi connectivity index (χ3n) is 3.60. The molecular weight excluding hydrogens is 364 g/mol. The van der Waals surface area contributed by atoms with Gasteiger partial charge >= 0.3 is 5.97 Å². The van der Waals surface area contributed by atoms with E-state index in [0.29, 0.717) is 5.39 Å². The number of carboxylic acids is 1. The molecule has 0 saturated heterocycles. The van der Waals surface area contributed by atoms with Crippen LogP contribution < -0.4 is 4.74 Å². The molecule has 0 bridgehead atoms. The number of aromatic amines is 1. The van der Waals surface area contributed by atoms with E-state index in [2.05, 4.69) is 4.98 Å². The van der Waals surface area contributed by atoms with Gasteiger partial charge in [0, 0.05) is 11.6 Å². The molecule has 10 heteroatoms. The van der Waals surface area contributed by atoms with Crippen molar-refractivity contribution in [2.75, 3.05) is 6.26 Å². The average Bonchev–Trinajstić information content (AvgIpc) is 2.98. The van der Waals surface area contributed by atoms with Gasteiger partial charge in [-0.1, -0.05) is 0 Å². The van der Waals surface area contributed by atoms with E-state index < -0.39 is 20.7 Å². The highest BCUT2D eigenvalue weighted by Crippen LogP contribution is 2.33. The highest BCUT2D eigenvalue weighted by molar-refractivity contribution is 7.90. The number of non-ortho nitro benzene ring substituents is 1. The lowest BCUT2D eigenvalue weighted by molar-refractivity contribution is -0.383. The molecule has 134 valence electrons. The zero-order valence-corrected chi connectivity index (χ0v) is 14.1. The Kier molecular flexibility index (Phi) is 4.12. The normalized spacial score (nSPS) is 11.4. The molecule has 0 spiro atoms. The van der Waals surface area contributed by atoms with E-state index in [1.165, 1.54) is 36.4 Å². The molecule has 0 amide bonds. The fourth-order valence-electron chi connectivity index (χ4n) is 2.41. The van der Waals surface area contributed by atoms with Gasteiger partial charge in [0.2, 0.25) is 0 Å². The molecule has 0 radical (unpaired) electrons. The molecule has 0 saturated carbocycles. The van der Waals surface area contributed by atoms with Crippen LogP contribution in [0.15, 0.2) is 47.4 Å². The number of nitrogens with one attached hydrogen (secondary N) is 1. The quantitative estimate of drug-likeness (QED) is 0.515. The number of sulfone groups is 1. The first-order valence-electron chi connectivity index (χ1n) is 7.17. The van der Waals surface area contributed by atoms with Crippen molar-refractivity contribution in [1.82, 2.24) is 4.98 Å². The van der Waals surface area contributed by atoms with Gasteiger partial charge in [0.25, 0.3) is 5.69 Å². The summed E-state index contributed by atoms with van der Waals surface area (Å²) in [5.41, 5.74) is -0.442. The van der Waals surface area contributed by atoms with Crippen LogP contribution in [0.1, 0.15) is 10.5 Å². The van der Waals surface area contributed by atoms with Crippen molar-refractivity contribution in [2.24, 2.45) is 0 Å². The second-order valence-electron chi connectivity index (χ2n) is 5.50. The zero-order chi connectivity index (χ0) is 19.1. The third kappa shape index (κ3) is 3.35. The van der Waals surface area contributed by atoms with Crippen molar-refractivity contribution in [2.45, 2.75) is 4.90 Å². The Morgan fingerprint density at radius 1 is 1.15 bits per heavy atom. The maximum atomic E-state index is 11.5. The van der Waals surface area contributed by atoms with Gasteiger partial charge in [-0.25, -0.2) is 13.2 Å². The van der Waals surface area contributed by atoms with Crippen molar-refractivity contribution in [3.63, 3.8) is 0 Å². The predicted octanol–water partition coefficient (Wildman–Crippen LogP) is 2.97. The summed E-state index contributed by atoms with van der Waals surface area (Å²) in [5.74, 6) is -0.846. The third-order valence-corrected chi connectivity index (χ3v) is 4.72. The molecule has 0 fully saturated rings. The highest BCUT2D eigenvalue weighted by atomic mass is 32.2. The Hall–Kier alpha value is -3.40.